The Balaban J connectivity index is 1.27. The number of amides is 1. The highest BCUT2D eigenvalue weighted by molar-refractivity contribution is 6.30. The molecular weight excluding hydrogens is 406 g/mol. The van der Waals surface area contributed by atoms with Crippen LogP contribution in [0.4, 0.5) is 0 Å². The average molecular weight is 424 g/mol. The second-order valence-electron chi connectivity index (χ2n) is 6.27. The number of nitrogens with zero attached hydrogens (tertiary/aromatic N) is 4. The zero-order valence-electron chi connectivity index (χ0n) is 15.9. The Labute approximate surface area is 177 Å². The van der Waals surface area contributed by atoms with Crippen LogP contribution >= 0.6 is 11.6 Å². The molecule has 0 bridgehead atoms. The first-order valence-corrected chi connectivity index (χ1v) is 9.62. The minimum absolute atomic E-state index is 0.0903. The summed E-state index contributed by atoms with van der Waals surface area (Å²) in [4.78, 5) is 11.9. The maximum Gasteiger partial charge on any atom is 0.258 e. The average Bonchev–Trinajstić information content (AvgIpc) is 3.20. The van der Waals surface area contributed by atoms with Crippen molar-refractivity contribution >= 4 is 23.2 Å². The number of rotatable bonds is 8. The van der Waals surface area contributed by atoms with Gasteiger partial charge in [0.25, 0.3) is 5.91 Å². The van der Waals surface area contributed by atoms with Gasteiger partial charge in [-0.2, -0.15) is 4.52 Å². The lowest BCUT2D eigenvalue weighted by Gasteiger charge is -2.09. The number of benzene rings is 2. The molecule has 0 radical (unpaired) electrons. The number of halogens is 1. The van der Waals surface area contributed by atoms with Gasteiger partial charge >= 0.3 is 0 Å². The molecule has 0 fully saturated rings. The second kappa shape index (κ2) is 9.23. The monoisotopic (exact) mass is 423 g/mol. The molecule has 0 saturated carbocycles. The summed E-state index contributed by atoms with van der Waals surface area (Å²) in [7, 11) is 0. The van der Waals surface area contributed by atoms with Gasteiger partial charge in [0, 0.05) is 16.7 Å². The summed E-state index contributed by atoms with van der Waals surface area (Å²) in [5.41, 5.74) is 1.52. The van der Waals surface area contributed by atoms with E-state index in [1.807, 2.05) is 30.3 Å². The Morgan fingerprint density at radius 1 is 0.967 bits per heavy atom. The normalized spacial score (nSPS) is 10.7. The van der Waals surface area contributed by atoms with E-state index >= 15 is 0 Å². The van der Waals surface area contributed by atoms with Crippen LogP contribution in [0.25, 0.3) is 17.0 Å². The summed E-state index contributed by atoms with van der Waals surface area (Å²) < 4.78 is 12.7. The first-order chi connectivity index (χ1) is 14.7. The van der Waals surface area contributed by atoms with Gasteiger partial charge in [-0.1, -0.05) is 41.9 Å². The van der Waals surface area contributed by atoms with E-state index in [0.29, 0.717) is 34.7 Å². The van der Waals surface area contributed by atoms with Gasteiger partial charge in [-0.05, 0) is 30.3 Å². The fraction of sp³-hybridized carbons (Fsp3) is 0.143. The lowest BCUT2D eigenvalue weighted by molar-refractivity contribution is -0.123. The standard InChI is InChI=1S/C21H18ClN5O3/c22-16-6-8-17(9-7-16)30-14-19(28)23-12-13-29-20-11-10-18-24-25-21(27(18)26-20)15-4-2-1-3-5-15/h1-11H,12-14H2,(H,23,28). The van der Waals surface area contributed by atoms with Crippen molar-refractivity contribution in [3.8, 4) is 23.0 Å². The zero-order chi connectivity index (χ0) is 20.8. The van der Waals surface area contributed by atoms with Crippen LogP contribution in [0.5, 0.6) is 11.6 Å². The van der Waals surface area contributed by atoms with Crippen LogP contribution in [0, 0.1) is 0 Å². The summed E-state index contributed by atoms with van der Waals surface area (Å²) >= 11 is 5.81. The van der Waals surface area contributed by atoms with Gasteiger partial charge in [-0.25, -0.2) is 0 Å². The maximum atomic E-state index is 11.9. The van der Waals surface area contributed by atoms with Crippen molar-refractivity contribution in [2.75, 3.05) is 19.8 Å². The number of fused-ring (bicyclic) bond motifs is 1. The second-order valence-corrected chi connectivity index (χ2v) is 6.71. The highest BCUT2D eigenvalue weighted by Gasteiger charge is 2.10. The Morgan fingerprint density at radius 3 is 2.57 bits per heavy atom. The van der Waals surface area contributed by atoms with Crippen molar-refractivity contribution in [1.29, 1.82) is 0 Å². The molecule has 0 spiro atoms. The van der Waals surface area contributed by atoms with E-state index in [-0.39, 0.29) is 19.1 Å². The summed E-state index contributed by atoms with van der Waals surface area (Å²) in [6, 6.07) is 20.0. The Bertz CT molecular complexity index is 1130. The first kappa shape index (κ1) is 19.7. The van der Waals surface area contributed by atoms with E-state index in [1.165, 1.54) is 0 Å². The molecule has 4 aromatic rings. The quantitative estimate of drug-likeness (QED) is 0.438. The van der Waals surface area contributed by atoms with E-state index in [4.69, 9.17) is 21.1 Å². The van der Waals surface area contributed by atoms with Crippen LogP contribution in [-0.2, 0) is 4.79 Å². The largest absolute Gasteiger partial charge is 0.484 e. The molecule has 0 aliphatic heterocycles. The number of carbonyl (C=O) groups excluding carboxylic acids is 1. The van der Waals surface area contributed by atoms with Gasteiger partial charge in [-0.15, -0.1) is 15.3 Å². The van der Waals surface area contributed by atoms with Crippen molar-refractivity contribution in [1.82, 2.24) is 25.1 Å². The molecule has 152 valence electrons. The molecule has 0 aliphatic rings. The molecule has 4 rings (SSSR count). The van der Waals surface area contributed by atoms with Crippen molar-refractivity contribution in [3.63, 3.8) is 0 Å². The van der Waals surface area contributed by atoms with E-state index in [0.717, 1.165) is 5.56 Å². The van der Waals surface area contributed by atoms with Gasteiger partial charge in [0.15, 0.2) is 18.1 Å². The third-order valence-corrected chi connectivity index (χ3v) is 4.38. The number of hydrogen-bond acceptors (Lipinski definition) is 6. The number of aromatic nitrogens is 4. The number of carbonyl (C=O) groups is 1. The lowest BCUT2D eigenvalue weighted by Crippen LogP contribution is -2.32. The van der Waals surface area contributed by atoms with Crippen LogP contribution < -0.4 is 14.8 Å². The SMILES string of the molecule is O=C(COc1ccc(Cl)cc1)NCCOc1ccc2nnc(-c3ccccc3)n2n1. The predicted molar refractivity (Wildman–Crippen MR) is 112 cm³/mol. The van der Waals surface area contributed by atoms with Gasteiger partial charge in [0.2, 0.25) is 5.88 Å². The van der Waals surface area contributed by atoms with E-state index in [1.54, 1.807) is 40.9 Å². The summed E-state index contributed by atoms with van der Waals surface area (Å²) in [5, 5.41) is 16.1. The lowest BCUT2D eigenvalue weighted by atomic mass is 10.2. The fourth-order valence-corrected chi connectivity index (χ4v) is 2.82. The van der Waals surface area contributed by atoms with Crippen LogP contribution in [0.15, 0.2) is 66.7 Å². The highest BCUT2D eigenvalue weighted by atomic mass is 35.5. The van der Waals surface area contributed by atoms with Crippen LogP contribution in [-0.4, -0.2) is 45.5 Å². The van der Waals surface area contributed by atoms with Gasteiger partial charge in [0.05, 0.1) is 6.54 Å². The maximum absolute atomic E-state index is 11.9. The van der Waals surface area contributed by atoms with Crippen molar-refractivity contribution in [2.24, 2.45) is 0 Å². The molecule has 30 heavy (non-hydrogen) atoms. The zero-order valence-corrected chi connectivity index (χ0v) is 16.6. The fourth-order valence-electron chi connectivity index (χ4n) is 2.69. The van der Waals surface area contributed by atoms with Crippen LogP contribution in [0.3, 0.4) is 0 Å². The Hall–Kier alpha value is -3.65. The van der Waals surface area contributed by atoms with E-state index in [9.17, 15) is 4.79 Å². The summed E-state index contributed by atoms with van der Waals surface area (Å²) in [6.45, 7) is 0.483. The molecule has 0 aliphatic carbocycles. The third-order valence-electron chi connectivity index (χ3n) is 4.13. The van der Waals surface area contributed by atoms with Gasteiger partial charge in [0.1, 0.15) is 12.4 Å². The van der Waals surface area contributed by atoms with E-state index in [2.05, 4.69) is 20.6 Å². The van der Waals surface area contributed by atoms with E-state index < -0.39 is 0 Å². The molecule has 0 unspecified atom stereocenters. The molecule has 2 heterocycles. The number of hydrogen-bond donors (Lipinski definition) is 1. The minimum atomic E-state index is -0.248. The minimum Gasteiger partial charge on any atom is -0.484 e. The highest BCUT2D eigenvalue weighted by Crippen LogP contribution is 2.18. The number of ether oxygens (including phenoxy) is 2. The van der Waals surface area contributed by atoms with Crippen molar-refractivity contribution in [3.05, 3.63) is 71.8 Å². The third kappa shape index (κ3) is 4.84. The smallest absolute Gasteiger partial charge is 0.258 e. The molecule has 9 heteroatoms. The summed E-state index contributed by atoms with van der Waals surface area (Å²) in [5.74, 6) is 1.36. The molecular formula is C21H18ClN5O3. The molecule has 0 atom stereocenters. The van der Waals surface area contributed by atoms with Gasteiger partial charge in [-0.3, -0.25) is 4.79 Å². The Morgan fingerprint density at radius 2 is 1.77 bits per heavy atom. The summed E-state index contributed by atoms with van der Waals surface area (Å²) in [6.07, 6.45) is 0. The van der Waals surface area contributed by atoms with Gasteiger partial charge < -0.3 is 14.8 Å². The predicted octanol–water partition coefficient (Wildman–Crippen LogP) is 3.02. The topological polar surface area (TPSA) is 90.6 Å². The Kier molecular flexibility index (Phi) is 6.05. The molecule has 1 N–H and O–H groups in total. The van der Waals surface area contributed by atoms with Crippen molar-refractivity contribution < 1.29 is 14.3 Å². The first-order valence-electron chi connectivity index (χ1n) is 9.25. The number of nitrogens with one attached hydrogen (secondary N) is 1. The molecule has 2 aromatic heterocycles. The molecule has 8 nitrogen and oxygen atoms in total. The van der Waals surface area contributed by atoms with Crippen LogP contribution in [0.2, 0.25) is 5.02 Å². The van der Waals surface area contributed by atoms with Crippen LogP contribution in [0.1, 0.15) is 0 Å². The molecule has 2 aromatic carbocycles. The molecule has 1 amide bonds. The molecule has 0 saturated heterocycles. The van der Waals surface area contributed by atoms with Crippen molar-refractivity contribution in [2.45, 2.75) is 0 Å².